The van der Waals surface area contributed by atoms with Gasteiger partial charge < -0.3 is 4.42 Å². The number of aromatic nitrogens is 2. The van der Waals surface area contributed by atoms with Gasteiger partial charge in [-0.3, -0.25) is 10.1 Å². The van der Waals surface area contributed by atoms with Gasteiger partial charge in [0.15, 0.2) is 0 Å². The largest absolute Gasteiger partial charge is 0.407 e. The fraction of sp³-hybridized carbons (Fsp3) is 0.0714. The highest BCUT2D eigenvalue weighted by Crippen LogP contribution is 2.23. The summed E-state index contributed by atoms with van der Waals surface area (Å²) < 4.78 is 6.09. The lowest BCUT2D eigenvalue weighted by atomic mass is 10.3. The SMILES string of the molecule is O=C(/C=C/c1cccs1)Nc1nnc(Cc2ccc(Cl)s2)o1. The van der Waals surface area contributed by atoms with E-state index in [-0.39, 0.29) is 11.9 Å². The summed E-state index contributed by atoms with van der Waals surface area (Å²) in [7, 11) is 0. The fourth-order valence-electron chi connectivity index (χ4n) is 1.66. The first kappa shape index (κ1) is 15.0. The highest BCUT2D eigenvalue weighted by molar-refractivity contribution is 7.16. The van der Waals surface area contributed by atoms with Crippen LogP contribution >= 0.6 is 34.3 Å². The van der Waals surface area contributed by atoms with Gasteiger partial charge in [-0.05, 0) is 29.7 Å². The van der Waals surface area contributed by atoms with Crippen molar-refractivity contribution in [3.05, 3.63) is 55.7 Å². The number of anilines is 1. The molecule has 22 heavy (non-hydrogen) atoms. The number of nitrogens with zero attached hydrogens (tertiary/aromatic N) is 2. The highest BCUT2D eigenvalue weighted by atomic mass is 35.5. The van der Waals surface area contributed by atoms with Crippen LogP contribution in [0, 0.1) is 0 Å². The Kier molecular flexibility index (Phi) is 4.67. The summed E-state index contributed by atoms with van der Waals surface area (Å²) in [5.74, 6) is 0.110. The number of hydrogen-bond donors (Lipinski definition) is 1. The third-order valence-electron chi connectivity index (χ3n) is 2.59. The van der Waals surface area contributed by atoms with Gasteiger partial charge in [0.1, 0.15) is 0 Å². The Morgan fingerprint density at radius 2 is 2.27 bits per heavy atom. The summed E-state index contributed by atoms with van der Waals surface area (Å²) in [6.45, 7) is 0. The number of carbonyl (C=O) groups is 1. The Bertz CT molecular complexity index is 793. The second-order valence-corrected chi connectivity index (χ2v) is 7.00. The maximum atomic E-state index is 11.7. The second-order valence-electron chi connectivity index (χ2n) is 4.22. The van der Waals surface area contributed by atoms with Gasteiger partial charge in [0.2, 0.25) is 5.89 Å². The first-order valence-corrected chi connectivity index (χ1v) is 8.35. The predicted octanol–water partition coefficient (Wildman–Crippen LogP) is 4.09. The Labute approximate surface area is 139 Å². The lowest BCUT2D eigenvalue weighted by Gasteiger charge is -1.93. The monoisotopic (exact) mass is 351 g/mol. The van der Waals surface area contributed by atoms with Crippen molar-refractivity contribution in [2.45, 2.75) is 6.42 Å². The van der Waals surface area contributed by atoms with Crippen molar-refractivity contribution >= 4 is 52.3 Å². The number of thiophene rings is 2. The van der Waals surface area contributed by atoms with Gasteiger partial charge in [0.25, 0.3) is 5.91 Å². The van der Waals surface area contributed by atoms with E-state index in [1.165, 1.54) is 17.4 Å². The number of carbonyl (C=O) groups excluding carboxylic acids is 1. The average Bonchev–Trinajstić information content (AvgIpc) is 3.20. The summed E-state index contributed by atoms with van der Waals surface area (Å²) in [4.78, 5) is 13.8. The molecule has 0 aromatic carbocycles. The molecule has 0 radical (unpaired) electrons. The molecule has 1 N–H and O–H groups in total. The van der Waals surface area contributed by atoms with Gasteiger partial charge in [-0.1, -0.05) is 22.8 Å². The van der Waals surface area contributed by atoms with Crippen molar-refractivity contribution in [3.8, 4) is 0 Å². The van der Waals surface area contributed by atoms with Crippen LogP contribution in [-0.2, 0) is 11.2 Å². The van der Waals surface area contributed by atoms with Gasteiger partial charge in [0.05, 0.1) is 10.8 Å². The maximum absolute atomic E-state index is 11.7. The molecular formula is C14H10ClN3O2S2. The minimum absolute atomic E-state index is 0.0819. The Balaban J connectivity index is 1.58. The molecule has 1 amide bonds. The topological polar surface area (TPSA) is 68.0 Å². The van der Waals surface area contributed by atoms with E-state index >= 15 is 0 Å². The maximum Gasteiger partial charge on any atom is 0.322 e. The quantitative estimate of drug-likeness (QED) is 0.703. The molecule has 0 saturated carbocycles. The first-order chi connectivity index (χ1) is 10.7. The Hall–Kier alpha value is -1.96. The van der Waals surface area contributed by atoms with Gasteiger partial charge in [-0.2, -0.15) is 0 Å². The zero-order chi connectivity index (χ0) is 15.4. The van der Waals surface area contributed by atoms with Crippen LogP contribution in [0.15, 0.2) is 40.1 Å². The fourth-order valence-corrected chi connectivity index (χ4v) is 3.36. The molecule has 0 saturated heterocycles. The van der Waals surface area contributed by atoms with Crippen molar-refractivity contribution in [2.24, 2.45) is 0 Å². The smallest absolute Gasteiger partial charge is 0.322 e. The summed E-state index contributed by atoms with van der Waals surface area (Å²) >= 11 is 8.87. The summed E-state index contributed by atoms with van der Waals surface area (Å²) in [6.07, 6.45) is 3.64. The number of amides is 1. The zero-order valence-corrected chi connectivity index (χ0v) is 13.5. The average molecular weight is 352 g/mol. The molecule has 0 aliphatic heterocycles. The molecule has 0 atom stereocenters. The molecule has 0 bridgehead atoms. The van der Waals surface area contributed by atoms with E-state index in [0.717, 1.165) is 9.75 Å². The van der Waals surface area contributed by atoms with Crippen molar-refractivity contribution < 1.29 is 9.21 Å². The van der Waals surface area contributed by atoms with E-state index in [1.807, 2.05) is 29.6 Å². The molecule has 8 heteroatoms. The number of rotatable bonds is 5. The molecule has 112 valence electrons. The van der Waals surface area contributed by atoms with Crippen LogP contribution in [-0.4, -0.2) is 16.1 Å². The lowest BCUT2D eigenvalue weighted by Crippen LogP contribution is -2.07. The van der Waals surface area contributed by atoms with Crippen molar-refractivity contribution in [3.63, 3.8) is 0 Å². The molecule has 3 aromatic rings. The summed E-state index contributed by atoms with van der Waals surface area (Å²) in [5, 5.41) is 12.2. The van der Waals surface area contributed by atoms with Crippen molar-refractivity contribution in [2.75, 3.05) is 5.32 Å². The minimum atomic E-state index is -0.317. The van der Waals surface area contributed by atoms with Crippen LogP contribution in [0.1, 0.15) is 15.6 Å². The standard InChI is InChI=1S/C14H10ClN3O2S2/c15-11-5-3-10(22-11)8-13-17-18-14(20-13)16-12(19)6-4-9-2-1-7-21-9/h1-7H,8H2,(H,16,18,19)/b6-4+. The van der Waals surface area contributed by atoms with Crippen LogP contribution in [0.2, 0.25) is 4.34 Å². The third-order valence-corrected chi connectivity index (χ3v) is 4.66. The van der Waals surface area contributed by atoms with Gasteiger partial charge in [0, 0.05) is 15.8 Å². The molecule has 5 nitrogen and oxygen atoms in total. The highest BCUT2D eigenvalue weighted by Gasteiger charge is 2.10. The Morgan fingerprint density at radius 1 is 1.36 bits per heavy atom. The first-order valence-electron chi connectivity index (χ1n) is 6.28. The Morgan fingerprint density at radius 3 is 3.00 bits per heavy atom. The van der Waals surface area contributed by atoms with Gasteiger partial charge >= 0.3 is 6.01 Å². The van der Waals surface area contributed by atoms with E-state index in [1.54, 1.807) is 17.4 Å². The molecule has 0 aliphatic rings. The van der Waals surface area contributed by atoms with Crippen LogP contribution in [0.4, 0.5) is 6.01 Å². The van der Waals surface area contributed by atoms with Crippen LogP contribution in [0.3, 0.4) is 0 Å². The van der Waals surface area contributed by atoms with Crippen LogP contribution in [0.5, 0.6) is 0 Å². The summed E-state index contributed by atoms with van der Waals surface area (Å²) in [5.41, 5.74) is 0. The molecule has 0 spiro atoms. The molecule has 3 heterocycles. The van der Waals surface area contributed by atoms with Crippen molar-refractivity contribution in [1.82, 2.24) is 10.2 Å². The van der Waals surface area contributed by atoms with E-state index in [2.05, 4.69) is 15.5 Å². The number of nitrogens with one attached hydrogen (secondary N) is 1. The number of hydrogen-bond acceptors (Lipinski definition) is 6. The third kappa shape index (κ3) is 4.03. The van der Waals surface area contributed by atoms with Crippen molar-refractivity contribution in [1.29, 1.82) is 0 Å². The van der Waals surface area contributed by atoms with E-state index < -0.39 is 0 Å². The molecule has 0 unspecified atom stereocenters. The molecule has 3 rings (SSSR count). The van der Waals surface area contributed by atoms with E-state index in [4.69, 9.17) is 16.0 Å². The van der Waals surface area contributed by atoms with Crippen LogP contribution in [0.25, 0.3) is 6.08 Å². The second kappa shape index (κ2) is 6.87. The van der Waals surface area contributed by atoms with E-state index in [9.17, 15) is 4.79 Å². The predicted molar refractivity (Wildman–Crippen MR) is 88.4 cm³/mol. The molecule has 3 aromatic heterocycles. The van der Waals surface area contributed by atoms with Gasteiger partial charge in [-0.25, -0.2) is 0 Å². The molecule has 0 fully saturated rings. The van der Waals surface area contributed by atoms with E-state index in [0.29, 0.717) is 16.6 Å². The normalized spacial score (nSPS) is 11.1. The minimum Gasteiger partial charge on any atom is -0.407 e. The van der Waals surface area contributed by atoms with Crippen LogP contribution < -0.4 is 5.32 Å². The zero-order valence-electron chi connectivity index (χ0n) is 11.2. The van der Waals surface area contributed by atoms with Gasteiger partial charge in [-0.15, -0.1) is 27.8 Å². The molecule has 0 aliphatic carbocycles. The lowest BCUT2D eigenvalue weighted by molar-refractivity contribution is -0.112. The summed E-state index contributed by atoms with van der Waals surface area (Å²) in [6, 6.07) is 7.64. The molecular weight excluding hydrogens is 342 g/mol. The number of halogens is 1.